The predicted molar refractivity (Wildman–Crippen MR) is 64.3 cm³/mol. The van der Waals surface area contributed by atoms with Crippen molar-refractivity contribution < 1.29 is 0 Å². The second kappa shape index (κ2) is 3.56. The molecule has 4 nitrogen and oxygen atoms in total. The molecule has 1 aromatic carbocycles. The van der Waals surface area contributed by atoms with Gasteiger partial charge >= 0.3 is 0 Å². The SMILES string of the molecule is Nc1cnn2c1NCC(c1ccccc1)C2. The number of fused-ring (bicyclic) bond motifs is 1. The Bertz CT molecular complexity index is 489. The van der Waals surface area contributed by atoms with Gasteiger partial charge in [0.15, 0.2) is 0 Å². The summed E-state index contributed by atoms with van der Waals surface area (Å²) in [6.07, 6.45) is 1.70. The van der Waals surface area contributed by atoms with Crippen LogP contribution in [0.5, 0.6) is 0 Å². The lowest BCUT2D eigenvalue weighted by Crippen LogP contribution is -2.26. The van der Waals surface area contributed by atoms with E-state index in [1.54, 1.807) is 6.20 Å². The van der Waals surface area contributed by atoms with E-state index in [9.17, 15) is 0 Å². The van der Waals surface area contributed by atoms with Gasteiger partial charge in [-0.15, -0.1) is 0 Å². The first-order valence-electron chi connectivity index (χ1n) is 5.44. The molecule has 1 unspecified atom stereocenters. The first-order chi connectivity index (χ1) is 7.84. The Morgan fingerprint density at radius 1 is 1.31 bits per heavy atom. The van der Waals surface area contributed by atoms with Gasteiger partial charge in [-0.05, 0) is 5.56 Å². The highest BCUT2D eigenvalue weighted by Crippen LogP contribution is 2.28. The molecule has 0 aliphatic carbocycles. The van der Waals surface area contributed by atoms with Crippen molar-refractivity contribution >= 4 is 11.5 Å². The number of rotatable bonds is 1. The normalized spacial score (nSPS) is 18.9. The molecule has 4 heteroatoms. The maximum Gasteiger partial charge on any atom is 0.147 e. The Hall–Kier alpha value is -1.97. The topological polar surface area (TPSA) is 55.9 Å². The van der Waals surface area contributed by atoms with Crippen molar-refractivity contribution in [3.63, 3.8) is 0 Å². The number of nitrogens with one attached hydrogen (secondary N) is 1. The average Bonchev–Trinajstić information content (AvgIpc) is 2.72. The molecule has 0 amide bonds. The van der Waals surface area contributed by atoms with Crippen LogP contribution < -0.4 is 11.1 Å². The summed E-state index contributed by atoms with van der Waals surface area (Å²) in [6.45, 7) is 1.81. The smallest absolute Gasteiger partial charge is 0.147 e. The maximum absolute atomic E-state index is 5.80. The number of benzene rings is 1. The number of hydrogen-bond acceptors (Lipinski definition) is 3. The van der Waals surface area contributed by atoms with E-state index < -0.39 is 0 Å². The van der Waals surface area contributed by atoms with Gasteiger partial charge in [-0.2, -0.15) is 5.10 Å². The fourth-order valence-electron chi connectivity index (χ4n) is 2.17. The van der Waals surface area contributed by atoms with Gasteiger partial charge in [-0.25, -0.2) is 4.68 Å². The molecule has 0 bridgehead atoms. The molecular formula is C12H14N4. The third-order valence-electron chi connectivity index (χ3n) is 3.05. The van der Waals surface area contributed by atoms with Gasteiger partial charge in [0.1, 0.15) is 5.82 Å². The van der Waals surface area contributed by atoms with Crippen molar-refractivity contribution in [3.8, 4) is 0 Å². The lowest BCUT2D eigenvalue weighted by atomic mass is 9.98. The highest BCUT2D eigenvalue weighted by molar-refractivity contribution is 5.61. The quantitative estimate of drug-likeness (QED) is 0.759. The maximum atomic E-state index is 5.80. The second-order valence-electron chi connectivity index (χ2n) is 4.12. The first kappa shape index (κ1) is 9.27. The zero-order chi connectivity index (χ0) is 11.0. The van der Waals surface area contributed by atoms with Gasteiger partial charge in [0.25, 0.3) is 0 Å². The first-order valence-corrected chi connectivity index (χ1v) is 5.44. The van der Waals surface area contributed by atoms with E-state index in [0.29, 0.717) is 5.92 Å². The zero-order valence-electron chi connectivity index (χ0n) is 8.93. The van der Waals surface area contributed by atoms with Crippen LogP contribution in [0.2, 0.25) is 0 Å². The van der Waals surface area contributed by atoms with Crippen LogP contribution >= 0.6 is 0 Å². The summed E-state index contributed by atoms with van der Waals surface area (Å²) in [5.74, 6) is 1.42. The van der Waals surface area contributed by atoms with Crippen LogP contribution in [-0.2, 0) is 6.54 Å². The molecule has 0 fully saturated rings. The lowest BCUT2D eigenvalue weighted by molar-refractivity contribution is 0.506. The molecule has 2 heterocycles. The largest absolute Gasteiger partial charge is 0.394 e. The third-order valence-corrected chi connectivity index (χ3v) is 3.05. The van der Waals surface area contributed by atoms with Crippen molar-refractivity contribution in [2.24, 2.45) is 0 Å². The van der Waals surface area contributed by atoms with Crippen LogP contribution in [0.15, 0.2) is 36.5 Å². The molecule has 0 saturated heterocycles. The highest BCUT2D eigenvalue weighted by atomic mass is 15.3. The molecule has 2 aromatic rings. The molecule has 82 valence electrons. The van der Waals surface area contributed by atoms with E-state index >= 15 is 0 Å². The van der Waals surface area contributed by atoms with Gasteiger partial charge in [-0.1, -0.05) is 30.3 Å². The van der Waals surface area contributed by atoms with E-state index in [0.717, 1.165) is 24.6 Å². The minimum Gasteiger partial charge on any atom is -0.394 e. The Morgan fingerprint density at radius 3 is 2.94 bits per heavy atom. The summed E-state index contributed by atoms with van der Waals surface area (Å²) >= 11 is 0. The molecule has 1 aromatic heterocycles. The van der Waals surface area contributed by atoms with Gasteiger partial charge in [-0.3, -0.25) is 0 Å². The molecule has 3 rings (SSSR count). The molecule has 0 spiro atoms. The van der Waals surface area contributed by atoms with E-state index in [2.05, 4.69) is 34.7 Å². The predicted octanol–water partition coefficient (Wildman–Crippen LogP) is 1.67. The molecular weight excluding hydrogens is 200 g/mol. The van der Waals surface area contributed by atoms with Gasteiger partial charge in [0.2, 0.25) is 0 Å². The molecule has 0 saturated carbocycles. The van der Waals surface area contributed by atoms with Crippen molar-refractivity contribution in [2.75, 3.05) is 17.6 Å². The number of nitrogens with zero attached hydrogens (tertiary/aromatic N) is 2. The molecule has 16 heavy (non-hydrogen) atoms. The van der Waals surface area contributed by atoms with Crippen LogP contribution in [0.4, 0.5) is 11.5 Å². The van der Waals surface area contributed by atoms with Crippen LogP contribution in [-0.4, -0.2) is 16.3 Å². The second-order valence-corrected chi connectivity index (χ2v) is 4.12. The number of anilines is 2. The fraction of sp³-hybridized carbons (Fsp3) is 0.250. The Balaban J connectivity index is 1.89. The Kier molecular flexibility index (Phi) is 2.06. The summed E-state index contributed by atoms with van der Waals surface area (Å²) in [4.78, 5) is 0. The fourth-order valence-corrected chi connectivity index (χ4v) is 2.17. The van der Waals surface area contributed by atoms with Crippen molar-refractivity contribution in [3.05, 3.63) is 42.1 Å². The number of hydrogen-bond donors (Lipinski definition) is 2. The third kappa shape index (κ3) is 1.43. The van der Waals surface area contributed by atoms with Gasteiger partial charge in [0.05, 0.1) is 18.4 Å². The van der Waals surface area contributed by atoms with Gasteiger partial charge < -0.3 is 11.1 Å². The van der Waals surface area contributed by atoms with Crippen LogP contribution in [0.3, 0.4) is 0 Å². The summed E-state index contributed by atoms with van der Waals surface area (Å²) < 4.78 is 1.94. The standard InChI is InChI=1S/C12H14N4/c13-11-7-15-16-8-10(6-14-12(11)16)9-4-2-1-3-5-9/h1-5,7,10,14H,6,8,13H2. The molecule has 1 atom stereocenters. The zero-order valence-corrected chi connectivity index (χ0v) is 8.93. The summed E-state index contributed by atoms with van der Waals surface area (Å²) in [5, 5.41) is 7.60. The molecule has 1 aliphatic rings. The number of aromatic nitrogens is 2. The summed E-state index contributed by atoms with van der Waals surface area (Å²) in [6, 6.07) is 10.5. The molecule has 3 N–H and O–H groups in total. The highest BCUT2D eigenvalue weighted by Gasteiger charge is 2.21. The monoisotopic (exact) mass is 214 g/mol. The Morgan fingerprint density at radius 2 is 2.12 bits per heavy atom. The summed E-state index contributed by atoms with van der Waals surface area (Å²) in [5.41, 5.74) is 7.87. The minimum absolute atomic E-state index is 0.466. The van der Waals surface area contributed by atoms with E-state index in [1.165, 1.54) is 5.56 Å². The lowest BCUT2D eigenvalue weighted by Gasteiger charge is -2.25. The van der Waals surface area contributed by atoms with Crippen LogP contribution in [0.25, 0.3) is 0 Å². The minimum atomic E-state index is 0.466. The van der Waals surface area contributed by atoms with E-state index in [4.69, 9.17) is 5.73 Å². The summed E-state index contributed by atoms with van der Waals surface area (Å²) in [7, 11) is 0. The van der Waals surface area contributed by atoms with Gasteiger partial charge in [0, 0.05) is 12.5 Å². The van der Waals surface area contributed by atoms with E-state index in [1.807, 2.05) is 10.7 Å². The van der Waals surface area contributed by atoms with Crippen LogP contribution in [0.1, 0.15) is 11.5 Å². The van der Waals surface area contributed by atoms with Crippen molar-refractivity contribution in [1.82, 2.24) is 9.78 Å². The Labute approximate surface area is 94.1 Å². The van der Waals surface area contributed by atoms with Crippen molar-refractivity contribution in [2.45, 2.75) is 12.5 Å². The van der Waals surface area contributed by atoms with Crippen LogP contribution in [0, 0.1) is 0 Å². The number of nitrogens with two attached hydrogens (primary N) is 1. The average molecular weight is 214 g/mol. The number of nitrogen functional groups attached to an aromatic ring is 1. The van der Waals surface area contributed by atoms with E-state index in [-0.39, 0.29) is 0 Å². The van der Waals surface area contributed by atoms with Crippen molar-refractivity contribution in [1.29, 1.82) is 0 Å². The molecule has 1 aliphatic heterocycles. The molecule has 0 radical (unpaired) electrons.